The lowest BCUT2D eigenvalue weighted by Crippen LogP contribution is -2.23. The molecule has 0 saturated heterocycles. The fourth-order valence-corrected chi connectivity index (χ4v) is 3.07. The molecule has 2 aromatic rings. The molecule has 0 aliphatic rings. The summed E-state index contributed by atoms with van der Waals surface area (Å²) in [4.78, 5) is 4.19. The molecule has 0 bridgehead atoms. The van der Waals surface area contributed by atoms with Crippen LogP contribution in [0, 0.1) is 0 Å². The zero-order valence-electron chi connectivity index (χ0n) is 9.75. The van der Waals surface area contributed by atoms with Gasteiger partial charge in [0, 0.05) is 25.9 Å². The highest BCUT2D eigenvalue weighted by Gasteiger charge is 2.14. The summed E-state index contributed by atoms with van der Waals surface area (Å²) in [6, 6.07) is 4.85. The van der Waals surface area contributed by atoms with Crippen molar-refractivity contribution in [3.8, 4) is 0 Å². The van der Waals surface area contributed by atoms with Gasteiger partial charge in [-0.2, -0.15) is 11.3 Å². The van der Waals surface area contributed by atoms with E-state index in [1.165, 1.54) is 29.7 Å². The van der Waals surface area contributed by atoms with Crippen molar-refractivity contribution in [2.75, 3.05) is 12.4 Å². The van der Waals surface area contributed by atoms with Crippen LogP contribution in [0.5, 0.6) is 0 Å². The third kappa shape index (κ3) is 3.06. The summed E-state index contributed by atoms with van der Waals surface area (Å²) in [6.07, 6.45) is 1.46. The first-order valence-corrected chi connectivity index (χ1v) is 7.69. The SMILES string of the molecule is CNc1cc(S(=O)(=O)NCc2ccsc2)ccn1. The monoisotopic (exact) mass is 283 g/mol. The summed E-state index contributed by atoms with van der Waals surface area (Å²) in [5.41, 5.74) is 0.950. The molecule has 2 N–H and O–H groups in total. The van der Waals surface area contributed by atoms with Gasteiger partial charge in [-0.1, -0.05) is 0 Å². The van der Waals surface area contributed by atoms with Crippen molar-refractivity contribution < 1.29 is 8.42 Å². The average molecular weight is 283 g/mol. The van der Waals surface area contributed by atoms with Crippen LogP contribution in [0.15, 0.2) is 40.1 Å². The van der Waals surface area contributed by atoms with Crippen LogP contribution in [0.25, 0.3) is 0 Å². The molecule has 2 aromatic heterocycles. The summed E-state index contributed by atoms with van der Waals surface area (Å²) in [5.74, 6) is 0.522. The number of pyridine rings is 1. The zero-order chi connectivity index (χ0) is 13.0. The normalized spacial score (nSPS) is 11.4. The maximum atomic E-state index is 12.0. The first kappa shape index (κ1) is 13.0. The molecule has 0 spiro atoms. The van der Waals surface area contributed by atoms with E-state index in [2.05, 4.69) is 15.0 Å². The lowest BCUT2D eigenvalue weighted by atomic mass is 10.4. The molecule has 0 aliphatic carbocycles. The minimum Gasteiger partial charge on any atom is -0.373 e. The minimum absolute atomic E-state index is 0.206. The molecule has 0 fully saturated rings. The van der Waals surface area contributed by atoms with E-state index in [1.807, 2.05) is 16.8 Å². The van der Waals surface area contributed by atoms with E-state index in [9.17, 15) is 8.42 Å². The fraction of sp³-hybridized carbons (Fsp3) is 0.182. The first-order valence-electron chi connectivity index (χ1n) is 5.26. The number of hydrogen-bond donors (Lipinski definition) is 2. The number of nitrogens with one attached hydrogen (secondary N) is 2. The topological polar surface area (TPSA) is 71.1 Å². The molecule has 5 nitrogen and oxygen atoms in total. The van der Waals surface area contributed by atoms with Crippen LogP contribution < -0.4 is 10.0 Å². The van der Waals surface area contributed by atoms with Crippen molar-refractivity contribution in [2.24, 2.45) is 0 Å². The van der Waals surface area contributed by atoms with E-state index < -0.39 is 10.0 Å². The van der Waals surface area contributed by atoms with E-state index in [4.69, 9.17) is 0 Å². The van der Waals surface area contributed by atoms with Crippen LogP contribution in [0.4, 0.5) is 5.82 Å². The summed E-state index contributed by atoms with van der Waals surface area (Å²) in [5, 5.41) is 6.63. The Bertz CT molecular complexity index is 609. The second-order valence-corrected chi connectivity index (χ2v) is 6.13. The third-order valence-electron chi connectivity index (χ3n) is 2.34. The molecule has 7 heteroatoms. The Balaban J connectivity index is 2.14. The lowest BCUT2D eigenvalue weighted by Gasteiger charge is -2.07. The summed E-state index contributed by atoms with van der Waals surface area (Å²) < 4.78 is 26.6. The second kappa shape index (κ2) is 5.47. The molecular weight excluding hydrogens is 270 g/mol. The van der Waals surface area contributed by atoms with Gasteiger partial charge in [-0.25, -0.2) is 18.1 Å². The van der Waals surface area contributed by atoms with Crippen LogP contribution in [0.3, 0.4) is 0 Å². The van der Waals surface area contributed by atoms with Gasteiger partial charge in [0.25, 0.3) is 0 Å². The first-order chi connectivity index (χ1) is 8.62. The molecule has 0 radical (unpaired) electrons. The Morgan fingerprint density at radius 3 is 2.89 bits per heavy atom. The molecule has 0 unspecified atom stereocenters. The van der Waals surface area contributed by atoms with Crippen molar-refractivity contribution in [3.05, 3.63) is 40.7 Å². The molecule has 0 aliphatic heterocycles. The Hall–Kier alpha value is -1.44. The van der Waals surface area contributed by atoms with Gasteiger partial charge in [-0.15, -0.1) is 0 Å². The van der Waals surface area contributed by atoms with Gasteiger partial charge in [0.05, 0.1) is 4.90 Å². The Kier molecular flexibility index (Phi) is 3.95. The van der Waals surface area contributed by atoms with E-state index in [0.717, 1.165) is 5.56 Å². The number of sulfonamides is 1. The molecule has 18 heavy (non-hydrogen) atoms. The van der Waals surface area contributed by atoms with E-state index in [-0.39, 0.29) is 4.90 Å². The number of rotatable bonds is 5. The molecule has 96 valence electrons. The van der Waals surface area contributed by atoms with Crippen LogP contribution in [-0.4, -0.2) is 20.4 Å². The largest absolute Gasteiger partial charge is 0.373 e. The van der Waals surface area contributed by atoms with Gasteiger partial charge in [0.1, 0.15) is 5.82 Å². The van der Waals surface area contributed by atoms with Crippen molar-refractivity contribution in [1.29, 1.82) is 0 Å². The van der Waals surface area contributed by atoms with Crippen molar-refractivity contribution >= 4 is 27.2 Å². The van der Waals surface area contributed by atoms with Crippen molar-refractivity contribution in [1.82, 2.24) is 9.71 Å². The number of thiophene rings is 1. The van der Waals surface area contributed by atoms with Gasteiger partial charge < -0.3 is 5.32 Å². The molecule has 0 aromatic carbocycles. The number of anilines is 1. The zero-order valence-corrected chi connectivity index (χ0v) is 11.4. The standard InChI is InChI=1S/C11H13N3O2S2/c1-12-11-6-10(2-4-13-11)18(15,16)14-7-9-3-5-17-8-9/h2-6,8,14H,7H2,1H3,(H,12,13). The smallest absolute Gasteiger partial charge is 0.241 e. The summed E-state index contributed by atoms with van der Waals surface area (Å²) >= 11 is 1.54. The number of aromatic nitrogens is 1. The van der Waals surface area contributed by atoms with Gasteiger partial charge in [0.15, 0.2) is 0 Å². The fourth-order valence-electron chi connectivity index (χ4n) is 1.37. The molecule has 0 saturated carbocycles. The molecule has 0 amide bonds. The van der Waals surface area contributed by atoms with Gasteiger partial charge in [0.2, 0.25) is 10.0 Å². The van der Waals surface area contributed by atoms with Crippen molar-refractivity contribution in [2.45, 2.75) is 11.4 Å². The highest BCUT2D eigenvalue weighted by Crippen LogP contribution is 2.13. The molecule has 0 atom stereocenters. The molecule has 2 heterocycles. The van der Waals surface area contributed by atoms with Crippen LogP contribution in [0.2, 0.25) is 0 Å². The van der Waals surface area contributed by atoms with Gasteiger partial charge in [-0.05, 0) is 28.5 Å². The van der Waals surface area contributed by atoms with Crippen molar-refractivity contribution in [3.63, 3.8) is 0 Å². The van der Waals surface area contributed by atoms with Crippen LogP contribution in [-0.2, 0) is 16.6 Å². The predicted octanol–water partition coefficient (Wildman–Crippen LogP) is 1.66. The van der Waals surface area contributed by atoms with E-state index >= 15 is 0 Å². The second-order valence-electron chi connectivity index (χ2n) is 3.58. The third-order valence-corrected chi connectivity index (χ3v) is 4.48. The highest BCUT2D eigenvalue weighted by atomic mass is 32.2. The highest BCUT2D eigenvalue weighted by molar-refractivity contribution is 7.89. The van der Waals surface area contributed by atoms with Crippen LogP contribution >= 0.6 is 11.3 Å². The minimum atomic E-state index is -3.49. The van der Waals surface area contributed by atoms with Gasteiger partial charge in [-0.3, -0.25) is 0 Å². The summed E-state index contributed by atoms with van der Waals surface area (Å²) in [6.45, 7) is 0.295. The number of hydrogen-bond acceptors (Lipinski definition) is 5. The average Bonchev–Trinajstić information content (AvgIpc) is 2.90. The van der Waals surface area contributed by atoms with E-state index in [0.29, 0.717) is 12.4 Å². The lowest BCUT2D eigenvalue weighted by molar-refractivity contribution is 0.581. The Morgan fingerprint density at radius 1 is 1.39 bits per heavy atom. The van der Waals surface area contributed by atoms with E-state index in [1.54, 1.807) is 7.05 Å². The Labute approximate surface area is 110 Å². The molecule has 2 rings (SSSR count). The number of nitrogens with zero attached hydrogens (tertiary/aromatic N) is 1. The maximum Gasteiger partial charge on any atom is 0.241 e. The van der Waals surface area contributed by atoms with Gasteiger partial charge >= 0.3 is 0 Å². The quantitative estimate of drug-likeness (QED) is 0.875. The summed E-state index contributed by atoms with van der Waals surface area (Å²) in [7, 11) is -1.80. The Morgan fingerprint density at radius 2 is 2.22 bits per heavy atom. The molecular formula is C11H13N3O2S2. The maximum absolute atomic E-state index is 12.0. The van der Waals surface area contributed by atoms with Crippen LogP contribution in [0.1, 0.15) is 5.56 Å². The predicted molar refractivity (Wildman–Crippen MR) is 72.1 cm³/mol.